The van der Waals surface area contributed by atoms with Crippen molar-refractivity contribution >= 4 is 28.9 Å². The molecule has 2 aromatic heterocycles. The summed E-state index contributed by atoms with van der Waals surface area (Å²) in [5, 5.41) is 7.12. The highest BCUT2D eigenvalue weighted by atomic mass is 32.1. The van der Waals surface area contributed by atoms with Crippen LogP contribution in [-0.2, 0) is 4.79 Å². The Morgan fingerprint density at radius 2 is 1.86 bits per heavy atom. The zero-order valence-corrected chi connectivity index (χ0v) is 21.2. The van der Waals surface area contributed by atoms with Crippen LogP contribution in [0.2, 0.25) is 0 Å². The predicted molar refractivity (Wildman–Crippen MR) is 147 cm³/mol. The Morgan fingerprint density at radius 1 is 1.03 bits per heavy atom. The molecule has 0 spiro atoms. The lowest BCUT2D eigenvalue weighted by Crippen LogP contribution is -2.33. The third kappa shape index (κ3) is 4.88. The number of aryl methyl sites for hydroxylation is 2. The van der Waals surface area contributed by atoms with Gasteiger partial charge in [0.1, 0.15) is 0 Å². The summed E-state index contributed by atoms with van der Waals surface area (Å²) >= 11 is 5.80. The molecule has 0 aliphatic carbocycles. The van der Waals surface area contributed by atoms with Gasteiger partial charge in [-0.15, -0.1) is 0 Å². The van der Waals surface area contributed by atoms with Gasteiger partial charge in [-0.25, -0.2) is 0 Å². The maximum Gasteiger partial charge on any atom is 0.226 e. The van der Waals surface area contributed by atoms with Crippen molar-refractivity contribution in [1.29, 1.82) is 0 Å². The number of anilines is 1. The summed E-state index contributed by atoms with van der Waals surface area (Å²) < 4.78 is 2.21. The topological polar surface area (TPSA) is 62.2 Å². The summed E-state index contributed by atoms with van der Waals surface area (Å²) in [6.07, 6.45) is 4.19. The first-order chi connectivity index (χ1) is 17.5. The zero-order valence-electron chi connectivity index (χ0n) is 20.4. The Balaban J connectivity index is 1.45. The molecule has 1 amide bonds. The fourth-order valence-electron chi connectivity index (χ4n) is 4.82. The Hall–Kier alpha value is -3.97. The van der Waals surface area contributed by atoms with E-state index < -0.39 is 0 Å². The molecule has 3 heterocycles. The highest BCUT2D eigenvalue weighted by Gasteiger charge is 2.41. The second-order valence-corrected chi connectivity index (χ2v) is 9.46. The van der Waals surface area contributed by atoms with E-state index in [9.17, 15) is 4.79 Å². The maximum atomic E-state index is 12.8. The number of nitrogens with zero attached hydrogens (tertiary/aromatic N) is 3. The Morgan fingerprint density at radius 3 is 2.64 bits per heavy atom. The van der Waals surface area contributed by atoms with E-state index in [2.05, 4.69) is 62.5 Å². The summed E-state index contributed by atoms with van der Waals surface area (Å²) in [4.78, 5) is 19.6. The molecule has 4 aromatic rings. The van der Waals surface area contributed by atoms with Crippen LogP contribution in [0.5, 0.6) is 0 Å². The lowest BCUT2D eigenvalue weighted by molar-refractivity contribution is -0.116. The molecule has 2 atom stereocenters. The van der Waals surface area contributed by atoms with Crippen molar-refractivity contribution in [2.75, 3.05) is 11.9 Å². The molecule has 5 rings (SSSR count). The number of hydrogen-bond donors (Lipinski definition) is 2. The molecule has 182 valence electrons. The number of thiocarbonyl (C=S) groups is 1. The summed E-state index contributed by atoms with van der Waals surface area (Å²) in [5.74, 6) is -0.0438. The molecule has 36 heavy (non-hydrogen) atoms. The smallest absolute Gasteiger partial charge is 0.226 e. The number of aromatic nitrogens is 2. The number of para-hydroxylation sites is 1. The molecule has 6 nitrogen and oxygen atoms in total. The van der Waals surface area contributed by atoms with Crippen LogP contribution in [-0.4, -0.2) is 32.0 Å². The van der Waals surface area contributed by atoms with Gasteiger partial charge in [0, 0.05) is 42.4 Å². The number of carbonyl (C=O) groups is 1. The standard InChI is InChI=1S/C29H29N5OS/c1-20-9-7-11-22(19-20)31-26(35)15-18-34-28(27(32-29(34)36)23-12-5-6-16-30-23)25-14-8-17-33(25)24-13-4-3-10-21(24)2/h3-14,16-17,19,27-28H,15,18H2,1-2H3,(H,31,35)(H,32,36)/t27-,28+/m0/s1. The highest BCUT2D eigenvalue weighted by molar-refractivity contribution is 7.80. The predicted octanol–water partition coefficient (Wildman–Crippen LogP) is 5.49. The molecule has 2 N–H and O–H groups in total. The minimum Gasteiger partial charge on any atom is -0.352 e. The van der Waals surface area contributed by atoms with E-state index >= 15 is 0 Å². The zero-order chi connectivity index (χ0) is 25.1. The second-order valence-electron chi connectivity index (χ2n) is 9.08. The number of hydrogen-bond acceptors (Lipinski definition) is 3. The fourth-order valence-corrected chi connectivity index (χ4v) is 5.16. The molecule has 7 heteroatoms. The van der Waals surface area contributed by atoms with Crippen LogP contribution in [0.25, 0.3) is 5.69 Å². The monoisotopic (exact) mass is 495 g/mol. The maximum absolute atomic E-state index is 12.8. The quantitative estimate of drug-likeness (QED) is 0.332. The largest absolute Gasteiger partial charge is 0.352 e. The first kappa shape index (κ1) is 23.8. The van der Waals surface area contributed by atoms with Gasteiger partial charge in [-0.3, -0.25) is 9.78 Å². The summed E-state index contributed by atoms with van der Waals surface area (Å²) in [5.41, 5.74) is 6.21. The van der Waals surface area contributed by atoms with Crippen molar-refractivity contribution in [2.45, 2.75) is 32.4 Å². The molecule has 0 radical (unpaired) electrons. The van der Waals surface area contributed by atoms with E-state index in [1.165, 1.54) is 5.56 Å². The van der Waals surface area contributed by atoms with Crippen molar-refractivity contribution in [3.8, 4) is 5.69 Å². The van der Waals surface area contributed by atoms with Crippen molar-refractivity contribution in [3.05, 3.63) is 114 Å². The molecule has 1 fully saturated rings. The average Bonchev–Trinajstić information content (AvgIpc) is 3.47. The number of benzene rings is 2. The van der Waals surface area contributed by atoms with Crippen LogP contribution in [0.15, 0.2) is 91.3 Å². The van der Waals surface area contributed by atoms with Crippen molar-refractivity contribution in [2.24, 2.45) is 0 Å². The van der Waals surface area contributed by atoms with Crippen molar-refractivity contribution < 1.29 is 4.79 Å². The van der Waals surface area contributed by atoms with Gasteiger partial charge in [0.05, 0.1) is 17.8 Å². The van der Waals surface area contributed by atoms with E-state index in [1.807, 2.05) is 61.5 Å². The minimum absolute atomic E-state index is 0.0438. The highest BCUT2D eigenvalue weighted by Crippen LogP contribution is 2.39. The third-order valence-electron chi connectivity index (χ3n) is 6.54. The number of pyridine rings is 1. The van der Waals surface area contributed by atoms with Crippen LogP contribution < -0.4 is 10.6 Å². The molecular formula is C29H29N5OS. The van der Waals surface area contributed by atoms with Crippen molar-refractivity contribution in [1.82, 2.24) is 19.8 Å². The van der Waals surface area contributed by atoms with Gasteiger partial charge in [-0.2, -0.15) is 0 Å². The molecule has 0 bridgehead atoms. The van der Waals surface area contributed by atoms with Crippen LogP contribution in [0, 0.1) is 13.8 Å². The molecule has 1 aliphatic heterocycles. The molecule has 1 saturated heterocycles. The summed E-state index contributed by atoms with van der Waals surface area (Å²) in [7, 11) is 0. The van der Waals surface area contributed by atoms with E-state index in [1.54, 1.807) is 6.20 Å². The third-order valence-corrected chi connectivity index (χ3v) is 6.89. The van der Waals surface area contributed by atoms with Gasteiger partial charge in [0.25, 0.3) is 0 Å². The molecule has 1 aliphatic rings. The van der Waals surface area contributed by atoms with Gasteiger partial charge < -0.3 is 20.1 Å². The second kappa shape index (κ2) is 10.3. The average molecular weight is 496 g/mol. The first-order valence-electron chi connectivity index (χ1n) is 12.1. The lowest BCUT2D eigenvalue weighted by Gasteiger charge is -2.29. The first-order valence-corrected chi connectivity index (χ1v) is 12.5. The van der Waals surface area contributed by atoms with E-state index in [0.717, 1.165) is 28.3 Å². The minimum atomic E-state index is -0.142. The summed E-state index contributed by atoms with van der Waals surface area (Å²) in [6, 6.07) is 26.0. The SMILES string of the molecule is Cc1cccc(NC(=O)CCN2C(=S)N[C@@H](c3ccccn3)[C@H]2c2cccn2-c2ccccc2C)c1. The van der Waals surface area contributed by atoms with Gasteiger partial charge in [-0.05, 0) is 79.7 Å². The van der Waals surface area contributed by atoms with E-state index in [0.29, 0.717) is 18.1 Å². The van der Waals surface area contributed by atoms with E-state index in [-0.39, 0.29) is 18.0 Å². The Kier molecular flexibility index (Phi) is 6.82. The molecule has 0 unspecified atom stereocenters. The van der Waals surface area contributed by atoms with Crippen LogP contribution in [0.4, 0.5) is 5.69 Å². The normalized spacial score (nSPS) is 17.2. The Labute approximate surface area is 217 Å². The number of amides is 1. The molecule has 0 saturated carbocycles. The number of carbonyl (C=O) groups excluding carboxylic acids is 1. The van der Waals surface area contributed by atoms with E-state index in [4.69, 9.17) is 12.2 Å². The van der Waals surface area contributed by atoms with Crippen LogP contribution >= 0.6 is 12.2 Å². The fraction of sp³-hybridized carbons (Fsp3) is 0.207. The Bertz CT molecular complexity index is 1380. The number of nitrogens with one attached hydrogen (secondary N) is 2. The van der Waals surface area contributed by atoms with Crippen LogP contribution in [0.3, 0.4) is 0 Å². The van der Waals surface area contributed by atoms with Gasteiger partial charge in [0.2, 0.25) is 5.91 Å². The van der Waals surface area contributed by atoms with Crippen molar-refractivity contribution in [3.63, 3.8) is 0 Å². The number of rotatable bonds is 7. The van der Waals surface area contributed by atoms with Gasteiger partial charge in [0.15, 0.2) is 5.11 Å². The molecular weight excluding hydrogens is 466 g/mol. The lowest BCUT2D eigenvalue weighted by atomic mass is 10.0. The van der Waals surface area contributed by atoms with Gasteiger partial charge >= 0.3 is 0 Å². The molecule has 2 aromatic carbocycles. The summed E-state index contributed by atoms with van der Waals surface area (Å²) in [6.45, 7) is 4.60. The van der Waals surface area contributed by atoms with Crippen LogP contribution in [0.1, 0.15) is 41.0 Å². The van der Waals surface area contributed by atoms with Gasteiger partial charge in [-0.1, -0.05) is 36.4 Å².